The lowest BCUT2D eigenvalue weighted by Crippen LogP contribution is -1.87. The second kappa shape index (κ2) is 5.87. The molecule has 0 atom stereocenters. The molecule has 6 heteroatoms. The molecule has 2 rings (SSSR count). The maximum absolute atomic E-state index is 9.51. The monoisotopic (exact) mass is 259 g/mol. The number of aryl methyl sites for hydroxylation is 1. The molecule has 0 bridgehead atoms. The Bertz CT molecular complexity index is 601. The van der Waals surface area contributed by atoms with Crippen LogP contribution >= 0.6 is 0 Å². The number of benzene rings is 1. The first-order valence-corrected chi connectivity index (χ1v) is 5.81. The van der Waals surface area contributed by atoms with Crippen molar-refractivity contribution in [2.75, 3.05) is 7.11 Å². The molecular weight excluding hydrogens is 246 g/mol. The predicted octanol–water partition coefficient (Wildman–Crippen LogP) is 2.30. The van der Waals surface area contributed by atoms with Gasteiger partial charge in [0.25, 0.3) is 0 Å². The van der Waals surface area contributed by atoms with E-state index in [0.717, 1.165) is 0 Å². The summed E-state index contributed by atoms with van der Waals surface area (Å²) in [7, 11) is 1.47. The van der Waals surface area contributed by atoms with Crippen molar-refractivity contribution in [3.63, 3.8) is 0 Å². The Balaban J connectivity index is 2.16. The molecule has 0 saturated carbocycles. The van der Waals surface area contributed by atoms with Gasteiger partial charge in [0, 0.05) is 18.4 Å². The summed E-state index contributed by atoms with van der Waals surface area (Å²) >= 11 is 0. The molecule has 1 aromatic carbocycles. The summed E-state index contributed by atoms with van der Waals surface area (Å²) in [5.41, 5.74) is 0.699. The van der Waals surface area contributed by atoms with E-state index in [1.165, 1.54) is 13.2 Å². The molecule has 0 saturated heterocycles. The minimum absolute atomic E-state index is 0.0592. The van der Waals surface area contributed by atoms with E-state index in [2.05, 4.69) is 16.2 Å². The van der Waals surface area contributed by atoms with Crippen LogP contribution in [0.5, 0.6) is 11.5 Å². The van der Waals surface area contributed by atoms with Crippen LogP contribution < -0.4 is 4.74 Å². The van der Waals surface area contributed by atoms with Gasteiger partial charge >= 0.3 is 0 Å². The van der Waals surface area contributed by atoms with Crippen molar-refractivity contribution in [3.05, 3.63) is 24.1 Å². The number of hydrogen-bond acceptors (Lipinski definition) is 6. The lowest BCUT2D eigenvalue weighted by molar-refractivity contribution is 0.372. The van der Waals surface area contributed by atoms with Gasteiger partial charge in [-0.2, -0.15) is 10.2 Å². The molecule has 0 unspecified atom stereocenters. The highest BCUT2D eigenvalue weighted by Gasteiger charge is 2.11. The van der Waals surface area contributed by atoms with Crippen LogP contribution in [-0.4, -0.2) is 22.4 Å². The quantitative estimate of drug-likeness (QED) is 0.828. The first-order chi connectivity index (χ1) is 9.24. The SMILES string of the molecule is COc1cc(-c2noc(CCCC#N)n2)ccc1O. The highest BCUT2D eigenvalue weighted by molar-refractivity contribution is 5.60. The van der Waals surface area contributed by atoms with Crippen LogP contribution in [0.1, 0.15) is 18.7 Å². The Kier molecular flexibility index (Phi) is 3.98. The molecule has 98 valence electrons. The van der Waals surface area contributed by atoms with E-state index < -0.39 is 0 Å². The number of phenolic OH excluding ortho intramolecular Hbond substituents is 1. The molecule has 6 nitrogen and oxygen atoms in total. The molecule has 0 aliphatic rings. The summed E-state index contributed by atoms with van der Waals surface area (Å²) in [6, 6.07) is 6.90. The normalized spacial score (nSPS) is 10.1. The van der Waals surface area contributed by atoms with Gasteiger partial charge in [-0.1, -0.05) is 5.16 Å². The third kappa shape index (κ3) is 3.01. The molecule has 1 N–H and O–H groups in total. The summed E-state index contributed by atoms with van der Waals surface area (Å²) in [4.78, 5) is 4.23. The largest absolute Gasteiger partial charge is 0.504 e. The van der Waals surface area contributed by atoms with Crippen molar-refractivity contribution in [1.82, 2.24) is 10.1 Å². The molecule has 0 aliphatic carbocycles. The van der Waals surface area contributed by atoms with Crippen molar-refractivity contribution >= 4 is 0 Å². The number of hydrogen-bond donors (Lipinski definition) is 1. The van der Waals surface area contributed by atoms with Gasteiger partial charge in [-0.15, -0.1) is 0 Å². The molecule has 0 aliphatic heterocycles. The van der Waals surface area contributed by atoms with Crippen molar-refractivity contribution < 1.29 is 14.4 Å². The molecule has 1 heterocycles. The number of rotatable bonds is 5. The van der Waals surface area contributed by atoms with Gasteiger partial charge in [0.1, 0.15) is 0 Å². The number of aromatic hydroxyl groups is 1. The van der Waals surface area contributed by atoms with Crippen LogP contribution in [0.15, 0.2) is 22.7 Å². The van der Waals surface area contributed by atoms with E-state index in [9.17, 15) is 5.11 Å². The van der Waals surface area contributed by atoms with Crippen LogP contribution in [0.25, 0.3) is 11.4 Å². The highest BCUT2D eigenvalue weighted by atomic mass is 16.5. The van der Waals surface area contributed by atoms with Gasteiger partial charge in [-0.05, 0) is 24.6 Å². The van der Waals surface area contributed by atoms with Crippen LogP contribution in [0.2, 0.25) is 0 Å². The van der Waals surface area contributed by atoms with Gasteiger partial charge in [0.15, 0.2) is 11.5 Å². The van der Waals surface area contributed by atoms with Crippen LogP contribution in [0, 0.1) is 11.3 Å². The van der Waals surface area contributed by atoms with E-state index in [-0.39, 0.29) is 5.75 Å². The lowest BCUT2D eigenvalue weighted by Gasteiger charge is -2.03. The van der Waals surface area contributed by atoms with Crippen LogP contribution in [-0.2, 0) is 6.42 Å². The zero-order valence-corrected chi connectivity index (χ0v) is 10.5. The van der Waals surface area contributed by atoms with E-state index in [4.69, 9.17) is 14.5 Å². The lowest BCUT2D eigenvalue weighted by atomic mass is 10.2. The average Bonchev–Trinajstić information content (AvgIpc) is 2.88. The molecular formula is C13H13N3O3. The Morgan fingerprint density at radius 2 is 2.32 bits per heavy atom. The fourth-order valence-electron chi connectivity index (χ4n) is 1.61. The second-order valence-corrected chi connectivity index (χ2v) is 3.91. The number of phenols is 1. The summed E-state index contributed by atoms with van der Waals surface area (Å²) < 4.78 is 10.1. The Hall–Kier alpha value is -2.55. The van der Waals surface area contributed by atoms with Gasteiger partial charge < -0.3 is 14.4 Å². The molecule has 0 fully saturated rings. The molecule has 0 radical (unpaired) electrons. The van der Waals surface area contributed by atoms with Crippen molar-refractivity contribution in [2.45, 2.75) is 19.3 Å². The molecule has 0 spiro atoms. The zero-order valence-electron chi connectivity index (χ0n) is 10.5. The maximum atomic E-state index is 9.51. The fraction of sp³-hybridized carbons (Fsp3) is 0.308. The number of aromatic nitrogens is 2. The molecule has 19 heavy (non-hydrogen) atoms. The number of ether oxygens (including phenoxy) is 1. The van der Waals surface area contributed by atoms with Crippen molar-refractivity contribution in [1.29, 1.82) is 5.26 Å². The average molecular weight is 259 g/mol. The smallest absolute Gasteiger partial charge is 0.226 e. The number of methoxy groups -OCH3 is 1. The van der Waals surface area contributed by atoms with Gasteiger partial charge in [-0.25, -0.2) is 0 Å². The third-order valence-corrected chi connectivity index (χ3v) is 2.59. The first kappa shape index (κ1) is 12.9. The van der Waals surface area contributed by atoms with E-state index in [0.29, 0.717) is 42.3 Å². The van der Waals surface area contributed by atoms with Crippen molar-refractivity contribution in [3.8, 4) is 29.0 Å². The second-order valence-electron chi connectivity index (χ2n) is 3.91. The minimum Gasteiger partial charge on any atom is -0.504 e. The topological polar surface area (TPSA) is 92.2 Å². The first-order valence-electron chi connectivity index (χ1n) is 5.81. The number of unbranched alkanes of at least 4 members (excludes halogenated alkanes) is 1. The fourth-order valence-corrected chi connectivity index (χ4v) is 1.61. The molecule has 0 amide bonds. The zero-order chi connectivity index (χ0) is 13.7. The molecule has 2 aromatic rings. The highest BCUT2D eigenvalue weighted by Crippen LogP contribution is 2.30. The molecule has 1 aromatic heterocycles. The Morgan fingerprint density at radius 1 is 1.47 bits per heavy atom. The number of nitriles is 1. The van der Waals surface area contributed by atoms with Crippen molar-refractivity contribution in [2.24, 2.45) is 0 Å². The van der Waals surface area contributed by atoms with E-state index in [1.54, 1.807) is 12.1 Å². The van der Waals surface area contributed by atoms with E-state index in [1.807, 2.05) is 0 Å². The Morgan fingerprint density at radius 3 is 3.05 bits per heavy atom. The number of nitrogens with zero attached hydrogens (tertiary/aromatic N) is 3. The van der Waals surface area contributed by atoms with Gasteiger partial charge in [0.05, 0.1) is 13.2 Å². The summed E-state index contributed by atoms with van der Waals surface area (Å²) in [6.45, 7) is 0. The Labute approximate surface area is 110 Å². The van der Waals surface area contributed by atoms with Gasteiger partial charge in [-0.3, -0.25) is 0 Å². The van der Waals surface area contributed by atoms with Crippen LogP contribution in [0.4, 0.5) is 0 Å². The maximum Gasteiger partial charge on any atom is 0.226 e. The van der Waals surface area contributed by atoms with Crippen LogP contribution in [0.3, 0.4) is 0 Å². The summed E-state index contributed by atoms with van der Waals surface area (Å²) in [6.07, 6.45) is 1.73. The standard InChI is InChI=1S/C13H13N3O3/c1-18-11-8-9(5-6-10(11)17)13-15-12(19-16-13)4-2-3-7-14/h5-6,8,17H,2-4H2,1H3. The predicted molar refractivity (Wildman–Crippen MR) is 66.5 cm³/mol. The van der Waals surface area contributed by atoms with Gasteiger partial charge in [0.2, 0.25) is 11.7 Å². The summed E-state index contributed by atoms with van der Waals surface area (Å²) in [5.74, 6) is 1.35. The summed E-state index contributed by atoms with van der Waals surface area (Å²) in [5, 5.41) is 21.8. The minimum atomic E-state index is 0.0592. The third-order valence-electron chi connectivity index (χ3n) is 2.59. The van der Waals surface area contributed by atoms with E-state index >= 15 is 0 Å².